The summed E-state index contributed by atoms with van der Waals surface area (Å²) in [7, 11) is 2.15. The van der Waals surface area contributed by atoms with Gasteiger partial charge in [-0.2, -0.15) is 5.10 Å². The first-order valence-corrected chi connectivity index (χ1v) is 11.1. The van der Waals surface area contributed by atoms with Crippen LogP contribution in [0.3, 0.4) is 0 Å². The second-order valence-electron chi connectivity index (χ2n) is 8.89. The fourth-order valence-electron chi connectivity index (χ4n) is 5.10. The van der Waals surface area contributed by atoms with Crippen LogP contribution in [0.25, 0.3) is 0 Å². The number of hydrogen-bond acceptors (Lipinski definition) is 6. The topological polar surface area (TPSA) is 75.9 Å². The number of aryl methyl sites for hydroxylation is 2. The minimum absolute atomic E-state index is 0.0787. The van der Waals surface area contributed by atoms with Crippen LogP contribution in [-0.2, 0) is 25.8 Å². The molecule has 0 spiro atoms. The lowest BCUT2D eigenvalue weighted by Crippen LogP contribution is -2.35. The molecule has 0 aromatic carbocycles. The molecular formula is C22H30N6O. The van der Waals surface area contributed by atoms with Crippen molar-refractivity contribution in [2.24, 2.45) is 0 Å². The monoisotopic (exact) mass is 394 g/mol. The van der Waals surface area contributed by atoms with E-state index in [2.05, 4.69) is 27.2 Å². The number of anilines is 1. The van der Waals surface area contributed by atoms with Gasteiger partial charge < -0.3 is 10.2 Å². The van der Waals surface area contributed by atoms with Crippen molar-refractivity contribution >= 4 is 5.82 Å². The molecule has 3 aliphatic rings. The van der Waals surface area contributed by atoms with Crippen LogP contribution >= 0.6 is 0 Å². The number of hydrogen-bond donors (Lipinski definition) is 1. The third-order valence-electron chi connectivity index (χ3n) is 6.81. The zero-order valence-electron chi connectivity index (χ0n) is 17.2. The lowest BCUT2D eigenvalue weighted by atomic mass is 9.90. The average molecular weight is 395 g/mol. The Labute approximate surface area is 171 Å². The number of likely N-dealkylation sites (N-methyl/N-ethyl adjacent to an activating group) is 1. The van der Waals surface area contributed by atoms with Crippen LogP contribution in [0.4, 0.5) is 5.82 Å². The maximum atomic E-state index is 12.6. The Hall–Kier alpha value is -2.28. The van der Waals surface area contributed by atoms with E-state index < -0.39 is 0 Å². The molecule has 1 N–H and O–H groups in total. The molecular weight excluding hydrogens is 364 g/mol. The van der Waals surface area contributed by atoms with Crippen LogP contribution in [-0.4, -0.2) is 44.3 Å². The van der Waals surface area contributed by atoms with Crippen LogP contribution in [0.1, 0.15) is 67.1 Å². The summed E-state index contributed by atoms with van der Waals surface area (Å²) in [6, 6.07) is 2.46. The molecule has 2 aliphatic carbocycles. The van der Waals surface area contributed by atoms with E-state index in [9.17, 15) is 4.79 Å². The van der Waals surface area contributed by atoms with Gasteiger partial charge in [0, 0.05) is 37.2 Å². The summed E-state index contributed by atoms with van der Waals surface area (Å²) in [6.45, 7) is 1.96. The minimum Gasteiger partial charge on any atom is -0.367 e. The Kier molecular flexibility index (Phi) is 5.08. The zero-order chi connectivity index (χ0) is 19.8. The van der Waals surface area contributed by atoms with E-state index in [1.54, 1.807) is 11.0 Å². The van der Waals surface area contributed by atoms with Crippen LogP contribution in [0.15, 0.2) is 17.2 Å². The van der Waals surface area contributed by atoms with E-state index >= 15 is 0 Å². The second kappa shape index (κ2) is 7.86. The molecule has 0 saturated heterocycles. The van der Waals surface area contributed by atoms with Crippen LogP contribution in [0.2, 0.25) is 0 Å². The lowest BCUT2D eigenvalue weighted by Gasteiger charge is -2.32. The molecule has 1 saturated carbocycles. The molecule has 1 fully saturated rings. The van der Waals surface area contributed by atoms with E-state index in [0.717, 1.165) is 69.5 Å². The first-order valence-electron chi connectivity index (χ1n) is 11.1. The molecule has 2 aromatic rings. The van der Waals surface area contributed by atoms with Gasteiger partial charge >= 0.3 is 0 Å². The van der Waals surface area contributed by atoms with Gasteiger partial charge in [-0.3, -0.25) is 4.79 Å². The van der Waals surface area contributed by atoms with Gasteiger partial charge in [-0.25, -0.2) is 14.6 Å². The van der Waals surface area contributed by atoms with Gasteiger partial charge in [-0.1, -0.05) is 0 Å². The quantitative estimate of drug-likeness (QED) is 0.862. The predicted octanol–water partition coefficient (Wildman–Crippen LogP) is 2.50. The Morgan fingerprint density at radius 2 is 1.86 bits per heavy atom. The highest BCUT2D eigenvalue weighted by Gasteiger charge is 2.27. The largest absolute Gasteiger partial charge is 0.367 e. The third-order valence-corrected chi connectivity index (χ3v) is 6.81. The summed E-state index contributed by atoms with van der Waals surface area (Å²) in [6.07, 6.45) is 11.1. The fraction of sp³-hybridized carbons (Fsp3) is 0.636. The molecule has 0 bridgehead atoms. The van der Waals surface area contributed by atoms with Crippen LogP contribution in [0.5, 0.6) is 0 Å². The first-order chi connectivity index (χ1) is 14.2. The zero-order valence-corrected chi connectivity index (χ0v) is 17.2. The molecule has 2 aromatic heterocycles. The van der Waals surface area contributed by atoms with Crippen molar-refractivity contribution in [2.45, 2.75) is 76.4 Å². The molecule has 3 heterocycles. The molecule has 7 heteroatoms. The van der Waals surface area contributed by atoms with E-state index in [1.807, 2.05) is 6.07 Å². The molecule has 0 radical (unpaired) electrons. The van der Waals surface area contributed by atoms with E-state index in [0.29, 0.717) is 6.04 Å². The Morgan fingerprint density at radius 1 is 1.03 bits per heavy atom. The molecule has 154 valence electrons. The van der Waals surface area contributed by atoms with Gasteiger partial charge in [0.1, 0.15) is 12.1 Å². The molecule has 5 rings (SSSR count). The Bertz CT molecular complexity index is 947. The number of aromatic nitrogens is 4. The van der Waals surface area contributed by atoms with Gasteiger partial charge in [-0.05, 0) is 64.0 Å². The summed E-state index contributed by atoms with van der Waals surface area (Å²) in [5, 5.41) is 8.45. The number of nitrogens with zero attached hydrogens (tertiary/aromatic N) is 5. The summed E-state index contributed by atoms with van der Waals surface area (Å²) in [5.41, 5.74) is 4.82. The average Bonchev–Trinajstić information content (AvgIpc) is 2.74. The normalized spacial score (nSPS) is 24.6. The van der Waals surface area contributed by atoms with Crippen LogP contribution < -0.4 is 10.9 Å². The van der Waals surface area contributed by atoms with Crippen molar-refractivity contribution in [3.05, 3.63) is 45.3 Å². The van der Waals surface area contributed by atoms with Crippen molar-refractivity contribution in [2.75, 3.05) is 18.9 Å². The van der Waals surface area contributed by atoms with Crippen molar-refractivity contribution in [1.29, 1.82) is 0 Å². The van der Waals surface area contributed by atoms with Gasteiger partial charge in [0.05, 0.1) is 17.4 Å². The Balaban J connectivity index is 1.27. The lowest BCUT2D eigenvalue weighted by molar-refractivity contribution is 0.297. The van der Waals surface area contributed by atoms with Gasteiger partial charge in [0.25, 0.3) is 5.56 Å². The van der Waals surface area contributed by atoms with Gasteiger partial charge in [0.2, 0.25) is 0 Å². The predicted molar refractivity (Wildman–Crippen MR) is 112 cm³/mol. The summed E-state index contributed by atoms with van der Waals surface area (Å²) >= 11 is 0. The summed E-state index contributed by atoms with van der Waals surface area (Å²) < 4.78 is 1.78. The van der Waals surface area contributed by atoms with Gasteiger partial charge in [0.15, 0.2) is 0 Å². The van der Waals surface area contributed by atoms with Crippen molar-refractivity contribution in [3.63, 3.8) is 0 Å². The number of rotatable bonds is 3. The maximum absolute atomic E-state index is 12.6. The Morgan fingerprint density at radius 3 is 2.72 bits per heavy atom. The van der Waals surface area contributed by atoms with Crippen molar-refractivity contribution < 1.29 is 0 Å². The van der Waals surface area contributed by atoms with E-state index in [1.165, 1.54) is 29.7 Å². The highest BCUT2D eigenvalue weighted by Crippen LogP contribution is 2.31. The fourth-order valence-corrected chi connectivity index (χ4v) is 5.10. The van der Waals surface area contributed by atoms with Crippen LogP contribution in [0, 0.1) is 0 Å². The minimum atomic E-state index is 0.0787. The van der Waals surface area contributed by atoms with E-state index in [-0.39, 0.29) is 11.6 Å². The van der Waals surface area contributed by atoms with Gasteiger partial charge in [-0.15, -0.1) is 0 Å². The molecule has 0 amide bonds. The second-order valence-corrected chi connectivity index (χ2v) is 8.89. The SMILES string of the molecule is CN1CCc2ncnc(NC3CCC(n4nc5c(cc4=O)CCCC5)CC3)c2C1. The standard InChI is InChI=1S/C22H30N6O/c1-27-11-10-20-18(13-27)22(24-14-23-20)25-16-6-8-17(9-7-16)28-21(29)12-15-4-2-3-5-19(15)26-28/h12,14,16-17H,2-11,13H2,1H3,(H,23,24,25). The highest BCUT2D eigenvalue weighted by atomic mass is 16.1. The molecule has 0 atom stereocenters. The summed E-state index contributed by atoms with van der Waals surface area (Å²) in [4.78, 5) is 24.0. The highest BCUT2D eigenvalue weighted by molar-refractivity contribution is 5.47. The maximum Gasteiger partial charge on any atom is 0.267 e. The first kappa shape index (κ1) is 18.7. The molecule has 0 unspecified atom stereocenters. The summed E-state index contributed by atoms with van der Waals surface area (Å²) in [5.74, 6) is 0.995. The molecule has 7 nitrogen and oxygen atoms in total. The van der Waals surface area contributed by atoms with E-state index in [4.69, 9.17) is 5.10 Å². The number of nitrogens with one attached hydrogen (secondary N) is 1. The van der Waals surface area contributed by atoms with Crippen molar-refractivity contribution in [1.82, 2.24) is 24.6 Å². The third kappa shape index (κ3) is 3.80. The molecule has 29 heavy (non-hydrogen) atoms. The number of fused-ring (bicyclic) bond motifs is 2. The molecule has 1 aliphatic heterocycles. The van der Waals surface area contributed by atoms with Crippen molar-refractivity contribution in [3.8, 4) is 0 Å². The smallest absolute Gasteiger partial charge is 0.267 e.